The van der Waals surface area contributed by atoms with Crippen molar-refractivity contribution in [3.05, 3.63) is 35.9 Å². The molecule has 1 aromatic rings. The van der Waals surface area contributed by atoms with E-state index < -0.39 is 6.10 Å². The first-order chi connectivity index (χ1) is 8.24. The van der Waals surface area contributed by atoms with E-state index in [-0.39, 0.29) is 23.0 Å². The van der Waals surface area contributed by atoms with Gasteiger partial charge in [0.1, 0.15) is 0 Å². The molecule has 0 amide bonds. The van der Waals surface area contributed by atoms with Crippen LogP contribution in [0.5, 0.6) is 0 Å². The second kappa shape index (κ2) is 4.36. The highest BCUT2D eigenvalue weighted by molar-refractivity contribution is 5.23. The Bertz CT molecular complexity index is 403. The van der Waals surface area contributed by atoms with Crippen molar-refractivity contribution in [3.8, 4) is 0 Å². The highest BCUT2D eigenvalue weighted by Crippen LogP contribution is 2.54. The van der Waals surface area contributed by atoms with E-state index in [0.29, 0.717) is 0 Å². The van der Waals surface area contributed by atoms with Gasteiger partial charge in [0.25, 0.3) is 0 Å². The predicted octanol–water partition coefficient (Wildman–Crippen LogP) is 3.56. The highest BCUT2D eigenvalue weighted by Gasteiger charge is 2.55. The molecule has 1 fully saturated rings. The van der Waals surface area contributed by atoms with Crippen LogP contribution in [-0.2, 0) is 4.74 Å². The van der Waals surface area contributed by atoms with Gasteiger partial charge in [-0.3, -0.25) is 0 Å². The molecule has 1 heterocycles. The van der Waals surface area contributed by atoms with Gasteiger partial charge in [-0.25, -0.2) is 0 Å². The molecule has 18 heavy (non-hydrogen) atoms. The smallest absolute Gasteiger partial charge is 0.0926 e. The minimum absolute atomic E-state index is 0.0337. The Morgan fingerprint density at radius 3 is 2.17 bits per heavy atom. The van der Waals surface area contributed by atoms with Gasteiger partial charge in [0, 0.05) is 5.41 Å². The zero-order valence-corrected chi connectivity index (χ0v) is 12.0. The number of ether oxygens (including phenoxy) is 1. The number of benzene rings is 1. The molecule has 3 atom stereocenters. The fraction of sp³-hybridized carbons (Fsp3) is 0.625. The Hall–Kier alpha value is -0.860. The maximum Gasteiger partial charge on any atom is 0.0926 e. The molecule has 2 nitrogen and oxygen atoms in total. The summed E-state index contributed by atoms with van der Waals surface area (Å²) >= 11 is 0. The summed E-state index contributed by atoms with van der Waals surface area (Å²) in [5.41, 5.74) is 1.01. The van der Waals surface area contributed by atoms with Crippen LogP contribution in [0.1, 0.15) is 46.3 Å². The van der Waals surface area contributed by atoms with Crippen molar-refractivity contribution in [1.29, 1.82) is 0 Å². The fourth-order valence-electron chi connectivity index (χ4n) is 2.65. The van der Waals surface area contributed by atoms with Crippen LogP contribution in [-0.4, -0.2) is 17.3 Å². The Morgan fingerprint density at radius 2 is 1.72 bits per heavy atom. The summed E-state index contributed by atoms with van der Waals surface area (Å²) in [6.45, 7) is 10.5. The molecule has 1 N–H and O–H groups in total. The zero-order valence-electron chi connectivity index (χ0n) is 12.0. The van der Waals surface area contributed by atoms with Gasteiger partial charge < -0.3 is 9.84 Å². The second-order valence-electron chi connectivity index (χ2n) is 6.98. The van der Waals surface area contributed by atoms with Crippen LogP contribution in [0.3, 0.4) is 0 Å². The summed E-state index contributed by atoms with van der Waals surface area (Å²) in [7, 11) is 0. The third-order valence-electron chi connectivity index (χ3n) is 3.97. The lowest BCUT2D eigenvalue weighted by Crippen LogP contribution is -2.59. The summed E-state index contributed by atoms with van der Waals surface area (Å²) in [4.78, 5) is 0. The summed E-state index contributed by atoms with van der Waals surface area (Å²) in [5.74, 6) is 0. The quantitative estimate of drug-likeness (QED) is 0.867. The van der Waals surface area contributed by atoms with Crippen molar-refractivity contribution in [2.45, 2.75) is 52.9 Å². The van der Waals surface area contributed by atoms with Crippen LogP contribution in [0.4, 0.5) is 0 Å². The Kier molecular flexibility index (Phi) is 3.28. The molecule has 1 saturated heterocycles. The molecule has 1 aliphatic rings. The van der Waals surface area contributed by atoms with E-state index in [0.717, 1.165) is 0 Å². The number of aliphatic hydroxyl groups is 1. The average Bonchev–Trinajstić information content (AvgIpc) is 2.27. The normalized spacial score (nSPS) is 28.6. The lowest BCUT2D eigenvalue weighted by molar-refractivity contribution is -0.284. The molecule has 1 aliphatic heterocycles. The van der Waals surface area contributed by atoms with Crippen molar-refractivity contribution in [2.75, 3.05) is 0 Å². The standard InChI is InChI=1S/C16H24O2/c1-15(2,3)12(17)14-16(4,5)13(18-14)11-9-7-6-8-10-11/h6-10,12-14,17H,1-5H3/t12-,13+,14-/m0/s1. The molecule has 2 rings (SSSR count). The van der Waals surface area contributed by atoms with Crippen molar-refractivity contribution in [3.63, 3.8) is 0 Å². The van der Waals surface area contributed by atoms with E-state index in [1.165, 1.54) is 5.56 Å². The summed E-state index contributed by atoms with van der Waals surface area (Å²) in [6.07, 6.45) is -0.448. The van der Waals surface area contributed by atoms with Crippen molar-refractivity contribution in [2.24, 2.45) is 10.8 Å². The Balaban J connectivity index is 2.15. The first-order valence-corrected chi connectivity index (χ1v) is 6.63. The minimum atomic E-state index is -0.438. The zero-order chi connectivity index (χ0) is 13.6. The number of rotatable bonds is 2. The van der Waals surface area contributed by atoms with E-state index in [9.17, 15) is 5.11 Å². The molecule has 0 radical (unpaired) electrons. The molecule has 0 bridgehead atoms. The van der Waals surface area contributed by atoms with Crippen molar-refractivity contribution >= 4 is 0 Å². The molecular weight excluding hydrogens is 224 g/mol. The second-order valence-corrected chi connectivity index (χ2v) is 6.98. The van der Waals surface area contributed by atoms with Gasteiger partial charge in [-0.05, 0) is 11.0 Å². The van der Waals surface area contributed by atoms with Crippen molar-refractivity contribution < 1.29 is 9.84 Å². The average molecular weight is 248 g/mol. The van der Waals surface area contributed by atoms with Crippen LogP contribution in [0.15, 0.2) is 30.3 Å². The molecule has 0 aliphatic carbocycles. The number of aliphatic hydroxyl groups excluding tert-OH is 1. The van der Waals surface area contributed by atoms with Gasteiger partial charge in [0.2, 0.25) is 0 Å². The number of hydrogen-bond acceptors (Lipinski definition) is 2. The topological polar surface area (TPSA) is 29.5 Å². The fourth-order valence-corrected chi connectivity index (χ4v) is 2.65. The van der Waals surface area contributed by atoms with Crippen LogP contribution >= 0.6 is 0 Å². The number of hydrogen-bond donors (Lipinski definition) is 1. The monoisotopic (exact) mass is 248 g/mol. The van der Waals surface area contributed by atoms with Crippen LogP contribution < -0.4 is 0 Å². The maximum atomic E-state index is 10.4. The van der Waals surface area contributed by atoms with Crippen LogP contribution in [0, 0.1) is 10.8 Å². The molecule has 2 heteroatoms. The Labute approximate surface area is 110 Å². The lowest BCUT2D eigenvalue weighted by atomic mass is 9.66. The SMILES string of the molecule is CC(C)(C)[C@@H](O)[C@@H]1O[C@H](c2ccccc2)C1(C)C. The summed E-state index contributed by atoms with van der Waals surface area (Å²) in [6, 6.07) is 10.2. The summed E-state index contributed by atoms with van der Waals surface area (Å²) < 4.78 is 5.98. The van der Waals surface area contributed by atoms with E-state index >= 15 is 0 Å². The van der Waals surface area contributed by atoms with Crippen LogP contribution in [0.2, 0.25) is 0 Å². The molecule has 1 aromatic carbocycles. The van der Waals surface area contributed by atoms with E-state index in [1.54, 1.807) is 0 Å². The summed E-state index contributed by atoms with van der Waals surface area (Å²) in [5, 5.41) is 10.4. The van der Waals surface area contributed by atoms with E-state index in [1.807, 2.05) is 39.0 Å². The largest absolute Gasteiger partial charge is 0.390 e. The van der Waals surface area contributed by atoms with Gasteiger partial charge in [-0.1, -0.05) is 65.0 Å². The van der Waals surface area contributed by atoms with Gasteiger partial charge >= 0.3 is 0 Å². The first-order valence-electron chi connectivity index (χ1n) is 6.63. The van der Waals surface area contributed by atoms with Crippen molar-refractivity contribution in [1.82, 2.24) is 0 Å². The maximum absolute atomic E-state index is 10.4. The molecule has 0 saturated carbocycles. The molecule has 100 valence electrons. The molecular formula is C16H24O2. The molecule has 0 spiro atoms. The van der Waals surface area contributed by atoms with E-state index in [2.05, 4.69) is 26.0 Å². The molecule has 0 aromatic heterocycles. The first kappa shape index (κ1) is 13.6. The minimum Gasteiger partial charge on any atom is -0.390 e. The molecule has 0 unspecified atom stereocenters. The predicted molar refractivity (Wildman–Crippen MR) is 73.3 cm³/mol. The highest BCUT2D eigenvalue weighted by atomic mass is 16.5. The third-order valence-corrected chi connectivity index (χ3v) is 3.97. The van der Waals surface area contributed by atoms with Gasteiger partial charge in [-0.2, -0.15) is 0 Å². The lowest BCUT2D eigenvalue weighted by Gasteiger charge is -2.55. The Morgan fingerprint density at radius 1 is 1.17 bits per heavy atom. The van der Waals surface area contributed by atoms with Gasteiger partial charge in [-0.15, -0.1) is 0 Å². The van der Waals surface area contributed by atoms with E-state index in [4.69, 9.17) is 4.74 Å². The van der Waals surface area contributed by atoms with Gasteiger partial charge in [0.15, 0.2) is 0 Å². The van der Waals surface area contributed by atoms with Gasteiger partial charge in [0.05, 0.1) is 18.3 Å². The third kappa shape index (κ3) is 2.19. The van der Waals surface area contributed by atoms with Crippen LogP contribution in [0.25, 0.3) is 0 Å².